The Morgan fingerprint density at radius 2 is 2.29 bits per heavy atom. The van der Waals surface area contributed by atoms with Gasteiger partial charge in [0.25, 0.3) is 0 Å². The van der Waals surface area contributed by atoms with Gasteiger partial charge in [-0.3, -0.25) is 10.1 Å². The van der Waals surface area contributed by atoms with Crippen LogP contribution in [0.2, 0.25) is 0 Å². The maximum absolute atomic E-state index is 11.1. The zero-order chi connectivity index (χ0) is 15.1. The molecule has 2 heterocycles. The molecule has 21 heavy (non-hydrogen) atoms. The highest BCUT2D eigenvalue weighted by atomic mass is 16.6. The molecule has 0 amide bonds. The molecule has 0 saturated carbocycles. The van der Waals surface area contributed by atoms with Crippen molar-refractivity contribution in [3.05, 3.63) is 22.2 Å². The fraction of sp³-hybridized carbons (Fsp3) is 0.643. The molecular weight excluding hydrogens is 272 g/mol. The monoisotopic (exact) mass is 294 g/mol. The van der Waals surface area contributed by atoms with Crippen LogP contribution in [0.4, 0.5) is 17.3 Å². The van der Waals surface area contributed by atoms with Crippen molar-refractivity contribution in [2.45, 2.75) is 26.2 Å². The van der Waals surface area contributed by atoms with E-state index >= 15 is 0 Å². The number of nitrogens with one attached hydrogen (secondary N) is 2. The van der Waals surface area contributed by atoms with E-state index in [2.05, 4.69) is 22.5 Å². The van der Waals surface area contributed by atoms with Gasteiger partial charge in [-0.1, -0.05) is 6.92 Å². The molecule has 1 aliphatic rings. The maximum Gasteiger partial charge on any atom is 0.311 e. The van der Waals surface area contributed by atoms with Crippen molar-refractivity contribution in [2.24, 2.45) is 5.92 Å². The standard InChI is InChI=1S/C14H22N4O3/c1-2-7-15-13-4-3-12(18(19)20)14(17-13)16-8-5-11-6-9-21-10-11/h3-4,11H,2,5-10H2,1H3,(H2,15,16,17). The molecule has 1 aromatic heterocycles. The first-order chi connectivity index (χ1) is 10.2. The van der Waals surface area contributed by atoms with Gasteiger partial charge in [-0.2, -0.15) is 0 Å². The fourth-order valence-electron chi connectivity index (χ4n) is 2.29. The number of nitrogens with zero attached hydrogens (tertiary/aromatic N) is 2. The van der Waals surface area contributed by atoms with E-state index in [0.29, 0.717) is 24.1 Å². The van der Waals surface area contributed by atoms with Crippen LogP contribution in [0.25, 0.3) is 0 Å². The van der Waals surface area contributed by atoms with Gasteiger partial charge in [0.2, 0.25) is 5.82 Å². The number of hydrogen-bond acceptors (Lipinski definition) is 6. The lowest BCUT2D eigenvalue weighted by molar-refractivity contribution is -0.384. The molecule has 116 valence electrons. The second-order valence-corrected chi connectivity index (χ2v) is 5.19. The van der Waals surface area contributed by atoms with Crippen molar-refractivity contribution in [1.29, 1.82) is 0 Å². The quantitative estimate of drug-likeness (QED) is 0.566. The molecule has 7 heteroatoms. The third kappa shape index (κ3) is 4.56. The molecule has 0 bridgehead atoms. The summed E-state index contributed by atoms with van der Waals surface area (Å²) in [4.78, 5) is 14.9. The number of pyridine rings is 1. The number of ether oxygens (including phenoxy) is 1. The maximum atomic E-state index is 11.1. The van der Waals surface area contributed by atoms with Gasteiger partial charge in [-0.15, -0.1) is 0 Å². The normalized spacial score (nSPS) is 17.7. The van der Waals surface area contributed by atoms with Gasteiger partial charge in [-0.05, 0) is 31.2 Å². The zero-order valence-corrected chi connectivity index (χ0v) is 12.3. The average Bonchev–Trinajstić information content (AvgIpc) is 2.98. The Bertz CT molecular complexity index is 475. The van der Waals surface area contributed by atoms with Gasteiger partial charge in [0, 0.05) is 32.4 Å². The van der Waals surface area contributed by atoms with E-state index in [0.717, 1.165) is 39.0 Å². The average molecular weight is 294 g/mol. The highest BCUT2D eigenvalue weighted by Gasteiger charge is 2.18. The van der Waals surface area contributed by atoms with Crippen molar-refractivity contribution in [3.8, 4) is 0 Å². The summed E-state index contributed by atoms with van der Waals surface area (Å²) < 4.78 is 5.32. The smallest absolute Gasteiger partial charge is 0.311 e. The highest BCUT2D eigenvalue weighted by molar-refractivity contribution is 5.60. The van der Waals surface area contributed by atoms with Crippen LogP contribution in [0.3, 0.4) is 0 Å². The molecular formula is C14H22N4O3. The third-order valence-corrected chi connectivity index (χ3v) is 3.50. The molecule has 1 aliphatic heterocycles. The van der Waals surface area contributed by atoms with Crippen LogP contribution < -0.4 is 10.6 Å². The van der Waals surface area contributed by atoms with Gasteiger partial charge in [0.1, 0.15) is 5.82 Å². The summed E-state index contributed by atoms with van der Waals surface area (Å²) in [6.45, 7) is 5.12. The van der Waals surface area contributed by atoms with Gasteiger partial charge in [0.05, 0.1) is 4.92 Å². The van der Waals surface area contributed by atoms with Crippen molar-refractivity contribution in [1.82, 2.24) is 4.98 Å². The van der Waals surface area contributed by atoms with E-state index in [1.54, 1.807) is 6.07 Å². The molecule has 1 saturated heterocycles. The summed E-state index contributed by atoms with van der Waals surface area (Å²) in [6.07, 6.45) is 2.98. The van der Waals surface area contributed by atoms with Crippen LogP contribution >= 0.6 is 0 Å². The number of anilines is 2. The van der Waals surface area contributed by atoms with Crippen molar-refractivity contribution in [3.63, 3.8) is 0 Å². The lowest BCUT2D eigenvalue weighted by atomic mass is 10.1. The number of rotatable bonds is 8. The van der Waals surface area contributed by atoms with E-state index in [-0.39, 0.29) is 5.69 Å². The number of nitro groups is 1. The SMILES string of the molecule is CCCNc1ccc([N+](=O)[O-])c(NCCC2CCOC2)n1. The van der Waals surface area contributed by atoms with Crippen molar-refractivity contribution < 1.29 is 9.66 Å². The minimum Gasteiger partial charge on any atom is -0.381 e. The predicted octanol–water partition coefficient (Wildman–Crippen LogP) is 2.65. The molecule has 2 rings (SSSR count). The van der Waals surface area contributed by atoms with E-state index in [4.69, 9.17) is 4.74 Å². The first kappa shape index (κ1) is 15.5. The third-order valence-electron chi connectivity index (χ3n) is 3.50. The molecule has 1 atom stereocenters. The molecule has 0 aliphatic carbocycles. The van der Waals surface area contributed by atoms with Crippen LogP contribution in [-0.2, 0) is 4.74 Å². The fourth-order valence-corrected chi connectivity index (χ4v) is 2.29. The van der Waals surface area contributed by atoms with Crippen LogP contribution in [-0.4, -0.2) is 36.2 Å². The van der Waals surface area contributed by atoms with E-state index in [1.165, 1.54) is 6.07 Å². The Labute approximate surface area is 124 Å². The first-order valence-electron chi connectivity index (χ1n) is 7.41. The second kappa shape index (κ2) is 7.78. The van der Waals surface area contributed by atoms with Gasteiger partial charge in [-0.25, -0.2) is 4.98 Å². The van der Waals surface area contributed by atoms with E-state index in [9.17, 15) is 10.1 Å². The Morgan fingerprint density at radius 1 is 1.43 bits per heavy atom. The van der Waals surface area contributed by atoms with Gasteiger partial charge < -0.3 is 15.4 Å². The van der Waals surface area contributed by atoms with Crippen LogP contribution in [0.15, 0.2) is 12.1 Å². The summed E-state index contributed by atoms with van der Waals surface area (Å²) in [5, 5.41) is 17.3. The molecule has 1 unspecified atom stereocenters. The van der Waals surface area contributed by atoms with Crippen LogP contribution in [0, 0.1) is 16.0 Å². The molecule has 0 aromatic carbocycles. The van der Waals surface area contributed by atoms with E-state index in [1.807, 2.05) is 0 Å². The summed E-state index contributed by atoms with van der Waals surface area (Å²) in [5.41, 5.74) is 0.0136. The lowest BCUT2D eigenvalue weighted by Crippen LogP contribution is -2.12. The summed E-state index contributed by atoms with van der Waals surface area (Å²) in [5.74, 6) is 1.53. The lowest BCUT2D eigenvalue weighted by Gasteiger charge is -2.11. The Kier molecular flexibility index (Phi) is 5.74. The molecule has 0 spiro atoms. The number of aromatic nitrogens is 1. The van der Waals surface area contributed by atoms with Crippen molar-refractivity contribution in [2.75, 3.05) is 36.9 Å². The van der Waals surface area contributed by atoms with Gasteiger partial charge in [0.15, 0.2) is 0 Å². The topological polar surface area (TPSA) is 89.3 Å². The summed E-state index contributed by atoms with van der Waals surface area (Å²) in [6, 6.07) is 3.13. The summed E-state index contributed by atoms with van der Waals surface area (Å²) in [7, 11) is 0. The largest absolute Gasteiger partial charge is 0.381 e. The Balaban J connectivity index is 1.97. The minimum absolute atomic E-state index is 0.0136. The molecule has 0 radical (unpaired) electrons. The van der Waals surface area contributed by atoms with E-state index < -0.39 is 4.92 Å². The predicted molar refractivity (Wildman–Crippen MR) is 81.7 cm³/mol. The van der Waals surface area contributed by atoms with Crippen LogP contribution in [0.1, 0.15) is 26.2 Å². The Hall–Kier alpha value is -1.89. The van der Waals surface area contributed by atoms with Crippen molar-refractivity contribution >= 4 is 17.3 Å². The molecule has 1 fully saturated rings. The minimum atomic E-state index is -0.405. The Morgan fingerprint density at radius 3 is 2.95 bits per heavy atom. The zero-order valence-electron chi connectivity index (χ0n) is 12.3. The molecule has 7 nitrogen and oxygen atoms in total. The van der Waals surface area contributed by atoms with Gasteiger partial charge >= 0.3 is 5.69 Å². The molecule has 2 N–H and O–H groups in total. The van der Waals surface area contributed by atoms with Crippen LogP contribution in [0.5, 0.6) is 0 Å². The second-order valence-electron chi connectivity index (χ2n) is 5.19. The summed E-state index contributed by atoms with van der Waals surface area (Å²) >= 11 is 0. The first-order valence-corrected chi connectivity index (χ1v) is 7.41. The highest BCUT2D eigenvalue weighted by Crippen LogP contribution is 2.24. The number of hydrogen-bond donors (Lipinski definition) is 2. The molecule has 1 aromatic rings.